The molecule has 3 heteroatoms. The van der Waals surface area contributed by atoms with Gasteiger partial charge in [-0.15, -0.1) is 11.3 Å². The number of aryl methyl sites for hydroxylation is 1. The van der Waals surface area contributed by atoms with Gasteiger partial charge in [-0.3, -0.25) is 0 Å². The first kappa shape index (κ1) is 5.62. The van der Waals surface area contributed by atoms with E-state index in [4.69, 9.17) is 4.18 Å². The molecule has 1 heterocycles. The number of hydrogen-bond acceptors (Lipinski definition) is 3. The highest BCUT2D eigenvalue weighted by Gasteiger charge is 2.19. The van der Waals surface area contributed by atoms with Crippen molar-refractivity contribution in [2.24, 2.45) is 0 Å². The number of thiophene rings is 1. The fourth-order valence-corrected chi connectivity index (χ4v) is 2.25. The van der Waals surface area contributed by atoms with Gasteiger partial charge in [-0.05, 0) is 12.8 Å². The Balaban J connectivity index is 2.47. The van der Waals surface area contributed by atoms with Crippen molar-refractivity contribution >= 4 is 24.2 Å². The normalized spacial score (nSPS) is 14.3. The van der Waals surface area contributed by atoms with E-state index in [0.717, 1.165) is 5.75 Å². The van der Waals surface area contributed by atoms with Crippen molar-refractivity contribution in [1.82, 2.24) is 0 Å². The minimum absolute atomic E-state index is 0.963. The van der Waals surface area contributed by atoms with Crippen LogP contribution in [-0.4, -0.2) is 0 Å². The van der Waals surface area contributed by atoms with E-state index in [1.165, 1.54) is 23.3 Å². The molecule has 0 radical (unpaired) electrons. The van der Waals surface area contributed by atoms with Crippen LogP contribution >= 0.6 is 24.2 Å². The van der Waals surface area contributed by atoms with Gasteiger partial charge in [0, 0.05) is 28.7 Å². The van der Waals surface area contributed by atoms with Crippen LogP contribution in [0.5, 0.6) is 5.75 Å². The van der Waals surface area contributed by atoms with Gasteiger partial charge in [0.25, 0.3) is 0 Å². The average Bonchev–Trinajstić information content (AvgIpc) is 2.07. The van der Waals surface area contributed by atoms with Crippen LogP contribution in [0, 0.1) is 0 Å². The molecule has 0 amide bonds. The maximum atomic E-state index is 4.82. The quantitative estimate of drug-likeness (QED) is 0.486. The molecule has 1 aliphatic carbocycles. The van der Waals surface area contributed by atoms with Gasteiger partial charge in [0.1, 0.15) is 0 Å². The van der Waals surface area contributed by atoms with Gasteiger partial charge in [0.05, 0.1) is 0 Å². The molecule has 9 heavy (non-hydrogen) atoms. The molecule has 0 saturated heterocycles. The fourth-order valence-electron chi connectivity index (χ4n) is 1.02. The first-order valence-electron chi connectivity index (χ1n) is 2.82. The molecule has 1 nitrogen and oxygen atoms in total. The molecule has 0 aromatic carbocycles. The van der Waals surface area contributed by atoms with E-state index in [0.29, 0.717) is 0 Å². The van der Waals surface area contributed by atoms with E-state index in [2.05, 4.69) is 12.9 Å². The molecule has 1 aliphatic rings. The maximum absolute atomic E-state index is 4.82. The molecule has 0 atom stereocenters. The van der Waals surface area contributed by atoms with Gasteiger partial charge in [0.2, 0.25) is 0 Å². The third-order valence-electron chi connectivity index (χ3n) is 1.64. The van der Waals surface area contributed by atoms with Crippen molar-refractivity contribution in [3.8, 4) is 5.75 Å². The molecule has 0 unspecified atom stereocenters. The number of hydrogen-bond donors (Lipinski definition) is 1. The molecule has 0 fully saturated rings. The molecule has 0 spiro atoms. The van der Waals surface area contributed by atoms with Crippen LogP contribution < -0.4 is 4.18 Å². The smallest absolute Gasteiger partial charge is 0.151 e. The molecule has 0 aliphatic heterocycles. The van der Waals surface area contributed by atoms with Gasteiger partial charge in [-0.2, -0.15) is 0 Å². The molecular weight excluding hydrogens is 152 g/mol. The number of thiol groups is 1. The van der Waals surface area contributed by atoms with Crippen LogP contribution in [0.15, 0.2) is 5.38 Å². The van der Waals surface area contributed by atoms with Crippen molar-refractivity contribution in [3.63, 3.8) is 0 Å². The number of rotatable bonds is 1. The first-order valence-corrected chi connectivity index (χ1v) is 4.07. The zero-order valence-electron chi connectivity index (χ0n) is 4.76. The highest BCUT2D eigenvalue weighted by molar-refractivity contribution is 7.75. The molecule has 1 aromatic rings. The highest BCUT2D eigenvalue weighted by atomic mass is 32.1. The third kappa shape index (κ3) is 0.682. The average molecular weight is 158 g/mol. The van der Waals surface area contributed by atoms with Crippen molar-refractivity contribution in [1.29, 1.82) is 0 Å². The molecule has 0 saturated carbocycles. The zero-order valence-corrected chi connectivity index (χ0v) is 6.47. The second-order valence-electron chi connectivity index (χ2n) is 2.09. The Labute approximate surface area is 63.3 Å². The third-order valence-corrected chi connectivity index (χ3v) is 2.91. The fraction of sp³-hybridized carbons (Fsp3) is 0.333. The summed E-state index contributed by atoms with van der Waals surface area (Å²) in [4.78, 5) is 1.47. The van der Waals surface area contributed by atoms with Crippen molar-refractivity contribution in [2.45, 2.75) is 12.8 Å². The SMILES string of the molecule is SOc1csc2c1CC2. The molecule has 48 valence electrons. The van der Waals surface area contributed by atoms with Crippen LogP contribution in [0.3, 0.4) is 0 Å². The van der Waals surface area contributed by atoms with Crippen molar-refractivity contribution in [2.75, 3.05) is 0 Å². The Hall–Kier alpha value is -0.150. The van der Waals surface area contributed by atoms with Crippen molar-refractivity contribution < 1.29 is 4.18 Å². The summed E-state index contributed by atoms with van der Waals surface area (Å²) in [6.07, 6.45) is 2.41. The lowest BCUT2D eigenvalue weighted by Gasteiger charge is -2.12. The minimum atomic E-state index is 0.963. The lowest BCUT2D eigenvalue weighted by molar-refractivity contribution is 0.637. The van der Waals surface area contributed by atoms with Crippen LogP contribution in [0.25, 0.3) is 0 Å². The van der Waals surface area contributed by atoms with Crippen LogP contribution in [-0.2, 0) is 12.8 Å². The second-order valence-corrected chi connectivity index (χ2v) is 3.24. The summed E-state index contributed by atoms with van der Waals surface area (Å²) in [5.74, 6) is 0.963. The molecule has 0 bridgehead atoms. The Morgan fingerprint density at radius 2 is 2.44 bits per heavy atom. The lowest BCUT2D eigenvalue weighted by atomic mass is 9.98. The Morgan fingerprint density at radius 1 is 1.56 bits per heavy atom. The predicted molar refractivity (Wildman–Crippen MR) is 41.3 cm³/mol. The van der Waals surface area contributed by atoms with E-state index in [-0.39, 0.29) is 0 Å². The summed E-state index contributed by atoms with van der Waals surface area (Å²) in [7, 11) is 0. The summed E-state index contributed by atoms with van der Waals surface area (Å²) < 4.78 is 4.82. The number of fused-ring (bicyclic) bond motifs is 1. The lowest BCUT2D eigenvalue weighted by Crippen LogP contribution is -2.03. The second kappa shape index (κ2) is 1.92. The summed E-state index contributed by atoms with van der Waals surface area (Å²) in [5.41, 5.74) is 1.37. The van der Waals surface area contributed by atoms with Gasteiger partial charge in [0.15, 0.2) is 5.75 Å². The van der Waals surface area contributed by atoms with Gasteiger partial charge in [-0.1, -0.05) is 0 Å². The molecule has 0 N–H and O–H groups in total. The van der Waals surface area contributed by atoms with Gasteiger partial charge >= 0.3 is 0 Å². The molecule has 2 rings (SSSR count). The Bertz CT molecular complexity index is 229. The predicted octanol–water partition coefficient (Wildman–Crippen LogP) is 2.07. The standard InChI is InChI=1S/C6H6OS2/c8-7-5-3-9-6-2-1-4(5)6/h3,8H,1-2H2. The van der Waals surface area contributed by atoms with E-state index >= 15 is 0 Å². The van der Waals surface area contributed by atoms with Gasteiger partial charge < -0.3 is 4.18 Å². The molecular formula is C6H6OS2. The largest absolute Gasteiger partial charge is 0.428 e. The summed E-state index contributed by atoms with van der Waals surface area (Å²) in [6.45, 7) is 0. The van der Waals surface area contributed by atoms with E-state index in [1.54, 1.807) is 11.3 Å². The minimum Gasteiger partial charge on any atom is -0.428 e. The van der Waals surface area contributed by atoms with Crippen molar-refractivity contribution in [3.05, 3.63) is 15.8 Å². The summed E-state index contributed by atoms with van der Waals surface area (Å²) in [6, 6.07) is 0. The van der Waals surface area contributed by atoms with E-state index < -0.39 is 0 Å². The maximum Gasteiger partial charge on any atom is 0.151 e. The van der Waals surface area contributed by atoms with Crippen LogP contribution in [0.4, 0.5) is 0 Å². The Kier molecular flexibility index (Phi) is 1.20. The van der Waals surface area contributed by atoms with Crippen LogP contribution in [0.2, 0.25) is 0 Å². The van der Waals surface area contributed by atoms with E-state index in [9.17, 15) is 0 Å². The summed E-state index contributed by atoms with van der Waals surface area (Å²) >= 11 is 5.50. The van der Waals surface area contributed by atoms with Gasteiger partial charge in [-0.25, -0.2) is 0 Å². The highest BCUT2D eigenvalue weighted by Crippen LogP contribution is 2.38. The summed E-state index contributed by atoms with van der Waals surface area (Å²) in [5, 5.41) is 2.02. The zero-order chi connectivity index (χ0) is 6.27. The Morgan fingerprint density at radius 3 is 2.78 bits per heavy atom. The monoisotopic (exact) mass is 158 g/mol. The molecule has 1 aromatic heterocycles. The topological polar surface area (TPSA) is 9.23 Å². The van der Waals surface area contributed by atoms with E-state index in [1.807, 2.05) is 5.38 Å². The first-order chi connectivity index (χ1) is 4.42. The van der Waals surface area contributed by atoms with Crippen LogP contribution in [0.1, 0.15) is 10.4 Å².